The van der Waals surface area contributed by atoms with Crippen molar-refractivity contribution in [2.75, 3.05) is 11.1 Å². The van der Waals surface area contributed by atoms with Gasteiger partial charge in [-0.2, -0.15) is 5.26 Å². The van der Waals surface area contributed by atoms with E-state index in [1.54, 1.807) is 0 Å². The van der Waals surface area contributed by atoms with Crippen molar-refractivity contribution < 1.29 is 0 Å². The Morgan fingerprint density at radius 3 is 2.89 bits per heavy atom. The number of benzene rings is 1. The third kappa shape index (κ3) is 2.95. The number of rotatable bonds is 3. The second kappa shape index (κ2) is 4.89. The zero-order chi connectivity index (χ0) is 13.2. The first-order chi connectivity index (χ1) is 8.50. The molecule has 1 atom stereocenters. The number of nitrogens with two attached hydrogens (primary N) is 1. The highest BCUT2D eigenvalue weighted by molar-refractivity contribution is 5.58. The van der Waals surface area contributed by atoms with E-state index in [2.05, 4.69) is 25.2 Å². The van der Waals surface area contributed by atoms with Crippen LogP contribution in [0.1, 0.15) is 38.7 Å². The van der Waals surface area contributed by atoms with E-state index in [1.807, 2.05) is 18.2 Å². The molecule has 3 nitrogen and oxygen atoms in total. The molecule has 1 unspecified atom stereocenters. The van der Waals surface area contributed by atoms with Gasteiger partial charge in [-0.3, -0.25) is 0 Å². The summed E-state index contributed by atoms with van der Waals surface area (Å²) >= 11 is 0. The molecule has 0 amide bonds. The molecule has 0 aromatic heterocycles. The largest absolute Gasteiger partial charge is 0.398 e. The first-order valence-corrected chi connectivity index (χ1v) is 6.52. The molecule has 1 fully saturated rings. The van der Waals surface area contributed by atoms with Gasteiger partial charge in [0.1, 0.15) is 0 Å². The molecule has 1 aromatic carbocycles. The van der Waals surface area contributed by atoms with Gasteiger partial charge in [0, 0.05) is 17.4 Å². The summed E-state index contributed by atoms with van der Waals surface area (Å²) < 4.78 is 0. The molecule has 0 spiro atoms. The molecule has 1 aliphatic carbocycles. The molecule has 96 valence electrons. The van der Waals surface area contributed by atoms with Crippen LogP contribution >= 0.6 is 0 Å². The molecular formula is C15H21N3. The SMILES string of the molecule is CC1(C)CCC(Nc2ccc(N)c(CC#N)c2)C1. The number of nitriles is 1. The fourth-order valence-corrected chi connectivity index (χ4v) is 2.73. The summed E-state index contributed by atoms with van der Waals surface area (Å²) in [4.78, 5) is 0. The van der Waals surface area contributed by atoms with Crippen molar-refractivity contribution in [2.24, 2.45) is 5.41 Å². The summed E-state index contributed by atoms with van der Waals surface area (Å²) in [5.74, 6) is 0. The van der Waals surface area contributed by atoms with Gasteiger partial charge >= 0.3 is 0 Å². The Kier molecular flexibility index (Phi) is 3.47. The summed E-state index contributed by atoms with van der Waals surface area (Å²) in [5, 5.41) is 12.3. The first-order valence-electron chi connectivity index (χ1n) is 6.52. The van der Waals surface area contributed by atoms with E-state index in [4.69, 9.17) is 11.0 Å². The predicted octanol–water partition coefficient (Wildman–Crippen LogP) is 3.33. The van der Waals surface area contributed by atoms with Gasteiger partial charge in [-0.05, 0) is 48.4 Å². The van der Waals surface area contributed by atoms with Crippen LogP contribution in [0.4, 0.5) is 11.4 Å². The summed E-state index contributed by atoms with van der Waals surface area (Å²) in [5.41, 5.74) is 8.99. The zero-order valence-electron chi connectivity index (χ0n) is 11.2. The van der Waals surface area contributed by atoms with Crippen molar-refractivity contribution in [2.45, 2.75) is 45.6 Å². The van der Waals surface area contributed by atoms with Crippen LogP contribution in [0.3, 0.4) is 0 Å². The number of nitrogens with one attached hydrogen (secondary N) is 1. The van der Waals surface area contributed by atoms with Crippen LogP contribution in [0, 0.1) is 16.7 Å². The van der Waals surface area contributed by atoms with Crippen molar-refractivity contribution in [3.63, 3.8) is 0 Å². The first kappa shape index (κ1) is 12.8. The lowest BCUT2D eigenvalue weighted by molar-refractivity contribution is 0.378. The number of anilines is 2. The Bertz CT molecular complexity index is 471. The lowest BCUT2D eigenvalue weighted by atomic mass is 9.92. The fraction of sp³-hybridized carbons (Fsp3) is 0.533. The minimum absolute atomic E-state index is 0.373. The summed E-state index contributed by atoms with van der Waals surface area (Å²) in [6.07, 6.45) is 4.05. The Morgan fingerprint density at radius 1 is 1.50 bits per heavy atom. The molecule has 0 aliphatic heterocycles. The average molecular weight is 243 g/mol. The van der Waals surface area contributed by atoms with E-state index in [9.17, 15) is 0 Å². The van der Waals surface area contributed by atoms with Crippen LogP contribution < -0.4 is 11.1 Å². The van der Waals surface area contributed by atoms with Crippen LogP contribution in [0.5, 0.6) is 0 Å². The van der Waals surface area contributed by atoms with Crippen LogP contribution in [-0.2, 0) is 6.42 Å². The maximum atomic E-state index is 8.76. The summed E-state index contributed by atoms with van der Waals surface area (Å²) in [6, 6.07) is 8.58. The highest BCUT2D eigenvalue weighted by Crippen LogP contribution is 2.38. The van der Waals surface area contributed by atoms with Crippen molar-refractivity contribution in [3.05, 3.63) is 23.8 Å². The van der Waals surface area contributed by atoms with Crippen LogP contribution in [0.2, 0.25) is 0 Å². The Morgan fingerprint density at radius 2 is 2.28 bits per heavy atom. The second-order valence-corrected chi connectivity index (χ2v) is 6.00. The third-order valence-corrected chi connectivity index (χ3v) is 3.75. The standard InChI is InChI=1S/C15H21N3/c1-15(2)7-5-13(10-15)18-12-3-4-14(17)11(9-12)6-8-16/h3-4,9,13,18H,5-7,10,17H2,1-2H3. The molecule has 1 aromatic rings. The molecule has 3 N–H and O–H groups in total. The van der Waals surface area contributed by atoms with Crippen molar-refractivity contribution in [1.82, 2.24) is 0 Å². The number of hydrogen-bond acceptors (Lipinski definition) is 3. The van der Waals surface area contributed by atoms with Gasteiger partial charge in [0.15, 0.2) is 0 Å². The molecule has 0 saturated heterocycles. The minimum atomic E-state index is 0.373. The molecule has 2 rings (SSSR count). The highest BCUT2D eigenvalue weighted by atomic mass is 14.9. The number of hydrogen-bond donors (Lipinski definition) is 2. The molecule has 3 heteroatoms. The molecule has 0 bridgehead atoms. The van der Waals surface area contributed by atoms with Gasteiger partial charge in [0.25, 0.3) is 0 Å². The van der Waals surface area contributed by atoms with Crippen molar-refractivity contribution in [1.29, 1.82) is 5.26 Å². The van der Waals surface area contributed by atoms with E-state index in [1.165, 1.54) is 19.3 Å². The van der Waals surface area contributed by atoms with Crippen LogP contribution in [0.25, 0.3) is 0 Å². The monoisotopic (exact) mass is 243 g/mol. The van der Waals surface area contributed by atoms with E-state index < -0.39 is 0 Å². The van der Waals surface area contributed by atoms with Gasteiger partial charge in [-0.1, -0.05) is 13.8 Å². The molecular weight excluding hydrogens is 222 g/mol. The van der Waals surface area contributed by atoms with E-state index in [-0.39, 0.29) is 0 Å². The Hall–Kier alpha value is -1.69. The van der Waals surface area contributed by atoms with Gasteiger partial charge in [-0.25, -0.2) is 0 Å². The summed E-state index contributed by atoms with van der Waals surface area (Å²) in [6.45, 7) is 4.64. The fourth-order valence-electron chi connectivity index (χ4n) is 2.73. The minimum Gasteiger partial charge on any atom is -0.398 e. The molecule has 1 aliphatic rings. The van der Waals surface area contributed by atoms with Crippen LogP contribution in [-0.4, -0.2) is 6.04 Å². The van der Waals surface area contributed by atoms with Gasteiger partial charge in [-0.15, -0.1) is 0 Å². The number of nitrogen functional groups attached to an aromatic ring is 1. The van der Waals surface area contributed by atoms with E-state index in [0.29, 0.717) is 23.6 Å². The second-order valence-electron chi connectivity index (χ2n) is 6.00. The van der Waals surface area contributed by atoms with E-state index in [0.717, 1.165) is 11.3 Å². The predicted molar refractivity (Wildman–Crippen MR) is 75.2 cm³/mol. The van der Waals surface area contributed by atoms with Gasteiger partial charge in [0.05, 0.1) is 12.5 Å². The lowest BCUT2D eigenvalue weighted by Gasteiger charge is -2.19. The summed E-state index contributed by atoms with van der Waals surface area (Å²) in [7, 11) is 0. The molecule has 18 heavy (non-hydrogen) atoms. The van der Waals surface area contributed by atoms with Gasteiger partial charge in [0.2, 0.25) is 0 Å². The quantitative estimate of drug-likeness (QED) is 0.800. The average Bonchev–Trinajstić information content (AvgIpc) is 2.63. The highest BCUT2D eigenvalue weighted by Gasteiger charge is 2.30. The van der Waals surface area contributed by atoms with E-state index >= 15 is 0 Å². The molecule has 1 saturated carbocycles. The van der Waals surface area contributed by atoms with Crippen molar-refractivity contribution in [3.8, 4) is 6.07 Å². The smallest absolute Gasteiger partial charge is 0.0670 e. The van der Waals surface area contributed by atoms with Crippen molar-refractivity contribution >= 4 is 11.4 Å². The zero-order valence-corrected chi connectivity index (χ0v) is 11.2. The normalized spacial score (nSPS) is 21.5. The van der Waals surface area contributed by atoms with Gasteiger partial charge < -0.3 is 11.1 Å². The topological polar surface area (TPSA) is 61.8 Å². The number of nitrogens with zero attached hydrogens (tertiary/aromatic N) is 1. The lowest BCUT2D eigenvalue weighted by Crippen LogP contribution is -2.17. The maximum Gasteiger partial charge on any atom is 0.0670 e. The molecule has 0 radical (unpaired) electrons. The Labute approximate surface area is 109 Å². The molecule has 0 heterocycles. The van der Waals surface area contributed by atoms with Crippen LogP contribution in [0.15, 0.2) is 18.2 Å². The Balaban J connectivity index is 2.06. The third-order valence-electron chi connectivity index (χ3n) is 3.75. The maximum absolute atomic E-state index is 8.76.